The van der Waals surface area contributed by atoms with E-state index in [1.54, 1.807) is 0 Å². The summed E-state index contributed by atoms with van der Waals surface area (Å²) in [5.74, 6) is 0. The molecule has 110 valence electrons. The lowest BCUT2D eigenvalue weighted by molar-refractivity contribution is 0.166. The highest BCUT2D eigenvalue weighted by Crippen LogP contribution is 2.19. The summed E-state index contributed by atoms with van der Waals surface area (Å²) in [5.41, 5.74) is 3.36. The number of aryl methyl sites for hydroxylation is 2. The molecule has 0 aliphatic rings. The van der Waals surface area contributed by atoms with E-state index < -0.39 is 0 Å². The van der Waals surface area contributed by atoms with Crippen molar-refractivity contribution in [1.29, 1.82) is 0 Å². The minimum atomic E-state index is -0.344. The van der Waals surface area contributed by atoms with E-state index in [1.807, 2.05) is 18.5 Å². The molecule has 2 aromatic rings. The minimum absolute atomic E-state index is 0.344. The van der Waals surface area contributed by atoms with E-state index in [9.17, 15) is 5.11 Å². The Bertz CT molecular complexity index is 542. The van der Waals surface area contributed by atoms with Crippen molar-refractivity contribution < 1.29 is 5.11 Å². The molecule has 4 nitrogen and oxygen atoms in total. The summed E-state index contributed by atoms with van der Waals surface area (Å²) in [6.45, 7) is 8.02. The molecule has 0 saturated carbocycles. The van der Waals surface area contributed by atoms with Crippen molar-refractivity contribution in [3.8, 4) is 0 Å². The van der Waals surface area contributed by atoms with Crippen molar-refractivity contribution in [2.24, 2.45) is 0 Å². The van der Waals surface area contributed by atoms with Gasteiger partial charge < -0.3 is 9.67 Å². The molecule has 0 radical (unpaired) electrons. The Kier molecular flexibility index (Phi) is 5.01. The highest BCUT2D eigenvalue weighted by Gasteiger charge is 2.10. The molecule has 0 amide bonds. The fourth-order valence-corrected chi connectivity index (χ4v) is 2.47. The van der Waals surface area contributed by atoms with Crippen molar-refractivity contribution in [2.45, 2.75) is 59.2 Å². The van der Waals surface area contributed by atoms with Gasteiger partial charge in [-0.3, -0.25) is 4.68 Å². The Morgan fingerprint density at radius 1 is 1.30 bits per heavy atom. The van der Waals surface area contributed by atoms with Gasteiger partial charge in [-0.1, -0.05) is 20.3 Å². The SMILES string of the molecule is CCCC(O)c1ccn(Cc2cc(CC)nn2CC)c1. The maximum Gasteiger partial charge on any atom is 0.0804 e. The normalized spacial score (nSPS) is 12.8. The highest BCUT2D eigenvalue weighted by atomic mass is 16.3. The molecule has 0 spiro atoms. The lowest BCUT2D eigenvalue weighted by Crippen LogP contribution is -2.06. The molecule has 2 aromatic heterocycles. The van der Waals surface area contributed by atoms with Gasteiger partial charge in [0.2, 0.25) is 0 Å². The van der Waals surface area contributed by atoms with Gasteiger partial charge in [0, 0.05) is 18.9 Å². The molecular formula is C16H25N3O. The molecular weight excluding hydrogens is 250 g/mol. The van der Waals surface area contributed by atoms with E-state index >= 15 is 0 Å². The van der Waals surface area contributed by atoms with Gasteiger partial charge >= 0.3 is 0 Å². The molecule has 0 saturated heterocycles. The number of hydrogen-bond acceptors (Lipinski definition) is 2. The number of aliphatic hydroxyl groups is 1. The Morgan fingerprint density at radius 3 is 2.75 bits per heavy atom. The van der Waals surface area contributed by atoms with Gasteiger partial charge in [-0.2, -0.15) is 5.10 Å². The van der Waals surface area contributed by atoms with Crippen LogP contribution in [0.15, 0.2) is 24.5 Å². The molecule has 0 bridgehead atoms. The van der Waals surface area contributed by atoms with Gasteiger partial charge in [0.25, 0.3) is 0 Å². The summed E-state index contributed by atoms with van der Waals surface area (Å²) < 4.78 is 4.18. The Morgan fingerprint density at radius 2 is 2.10 bits per heavy atom. The van der Waals surface area contributed by atoms with E-state index in [1.165, 1.54) is 5.69 Å². The smallest absolute Gasteiger partial charge is 0.0804 e. The summed E-state index contributed by atoms with van der Waals surface area (Å²) in [6.07, 6.45) is 6.51. The van der Waals surface area contributed by atoms with E-state index in [0.717, 1.165) is 43.6 Å². The number of nitrogens with zero attached hydrogens (tertiary/aromatic N) is 3. The standard InChI is InChI=1S/C16H25N3O/c1-4-7-16(20)13-8-9-18(11-13)12-15-10-14(5-2)17-19(15)6-3/h8-11,16,20H,4-7,12H2,1-3H3. The molecule has 0 aromatic carbocycles. The summed E-state index contributed by atoms with van der Waals surface area (Å²) >= 11 is 0. The van der Waals surface area contributed by atoms with Crippen molar-refractivity contribution in [3.05, 3.63) is 41.5 Å². The summed E-state index contributed by atoms with van der Waals surface area (Å²) in [4.78, 5) is 0. The summed E-state index contributed by atoms with van der Waals surface area (Å²) in [6, 6.07) is 4.18. The van der Waals surface area contributed by atoms with Crippen LogP contribution in [0.3, 0.4) is 0 Å². The number of hydrogen-bond donors (Lipinski definition) is 1. The van der Waals surface area contributed by atoms with Crippen LogP contribution in [-0.4, -0.2) is 19.5 Å². The maximum atomic E-state index is 10.0. The molecule has 2 heterocycles. The average molecular weight is 275 g/mol. The molecule has 2 rings (SSSR count). The quantitative estimate of drug-likeness (QED) is 0.843. The van der Waals surface area contributed by atoms with Gasteiger partial charge in [-0.15, -0.1) is 0 Å². The molecule has 20 heavy (non-hydrogen) atoms. The predicted octanol–water partition coefficient (Wildman–Crippen LogP) is 3.15. The third-order valence-corrected chi connectivity index (χ3v) is 3.64. The second-order valence-corrected chi connectivity index (χ2v) is 5.22. The van der Waals surface area contributed by atoms with Crippen molar-refractivity contribution in [1.82, 2.24) is 14.3 Å². The Balaban J connectivity index is 2.12. The fourth-order valence-electron chi connectivity index (χ4n) is 2.47. The second kappa shape index (κ2) is 6.75. The van der Waals surface area contributed by atoms with Crippen LogP contribution in [0, 0.1) is 0 Å². The monoisotopic (exact) mass is 275 g/mol. The number of aliphatic hydroxyl groups excluding tert-OH is 1. The third-order valence-electron chi connectivity index (χ3n) is 3.64. The second-order valence-electron chi connectivity index (χ2n) is 5.22. The Hall–Kier alpha value is -1.55. The first kappa shape index (κ1) is 14.9. The fraction of sp³-hybridized carbons (Fsp3) is 0.562. The molecule has 0 aliphatic carbocycles. The van der Waals surface area contributed by atoms with Crippen LogP contribution in [0.2, 0.25) is 0 Å². The van der Waals surface area contributed by atoms with E-state index in [-0.39, 0.29) is 6.10 Å². The third kappa shape index (κ3) is 3.31. The number of rotatable bonds is 7. The molecule has 0 aliphatic heterocycles. The van der Waals surface area contributed by atoms with Crippen LogP contribution in [0.1, 0.15) is 56.7 Å². The Labute approximate surface area is 121 Å². The van der Waals surface area contributed by atoms with E-state index in [2.05, 4.69) is 41.2 Å². The van der Waals surface area contributed by atoms with Crippen LogP contribution in [0.5, 0.6) is 0 Å². The highest BCUT2D eigenvalue weighted by molar-refractivity contribution is 5.16. The zero-order chi connectivity index (χ0) is 14.5. The van der Waals surface area contributed by atoms with Crippen LogP contribution in [0.25, 0.3) is 0 Å². The van der Waals surface area contributed by atoms with Gasteiger partial charge in [0.15, 0.2) is 0 Å². The summed E-state index contributed by atoms with van der Waals surface area (Å²) in [5, 5.41) is 14.6. The number of aromatic nitrogens is 3. The molecule has 1 unspecified atom stereocenters. The zero-order valence-corrected chi connectivity index (χ0v) is 12.7. The minimum Gasteiger partial charge on any atom is -0.388 e. The predicted molar refractivity (Wildman–Crippen MR) is 80.7 cm³/mol. The first-order chi connectivity index (χ1) is 9.67. The van der Waals surface area contributed by atoms with Crippen molar-refractivity contribution in [3.63, 3.8) is 0 Å². The topological polar surface area (TPSA) is 43.0 Å². The largest absolute Gasteiger partial charge is 0.388 e. The molecule has 1 N–H and O–H groups in total. The van der Waals surface area contributed by atoms with E-state index in [0.29, 0.717) is 0 Å². The van der Waals surface area contributed by atoms with Gasteiger partial charge in [0.05, 0.1) is 24.0 Å². The van der Waals surface area contributed by atoms with Gasteiger partial charge in [-0.05, 0) is 37.5 Å². The van der Waals surface area contributed by atoms with Crippen molar-refractivity contribution >= 4 is 0 Å². The lowest BCUT2D eigenvalue weighted by atomic mass is 10.1. The van der Waals surface area contributed by atoms with Crippen LogP contribution in [-0.2, 0) is 19.5 Å². The molecule has 0 fully saturated rings. The lowest BCUT2D eigenvalue weighted by Gasteiger charge is -2.07. The van der Waals surface area contributed by atoms with E-state index in [4.69, 9.17) is 0 Å². The van der Waals surface area contributed by atoms with Crippen LogP contribution < -0.4 is 0 Å². The first-order valence-electron chi connectivity index (χ1n) is 7.57. The molecule has 4 heteroatoms. The summed E-state index contributed by atoms with van der Waals surface area (Å²) in [7, 11) is 0. The zero-order valence-electron chi connectivity index (χ0n) is 12.7. The van der Waals surface area contributed by atoms with Crippen LogP contribution >= 0.6 is 0 Å². The molecule has 1 atom stereocenters. The first-order valence-corrected chi connectivity index (χ1v) is 7.57. The average Bonchev–Trinajstić information content (AvgIpc) is 3.06. The van der Waals surface area contributed by atoms with Gasteiger partial charge in [0.1, 0.15) is 0 Å². The maximum absolute atomic E-state index is 10.0. The van der Waals surface area contributed by atoms with Gasteiger partial charge in [-0.25, -0.2) is 0 Å². The van der Waals surface area contributed by atoms with Crippen LogP contribution in [0.4, 0.5) is 0 Å². The van der Waals surface area contributed by atoms with Crippen molar-refractivity contribution in [2.75, 3.05) is 0 Å².